The molecule has 1 N–H and O–H groups in total. The second-order valence-corrected chi connectivity index (χ2v) is 8.19. The van der Waals surface area contributed by atoms with E-state index in [2.05, 4.69) is 29.4 Å². The molecular weight excluding hydrogens is 388 g/mol. The summed E-state index contributed by atoms with van der Waals surface area (Å²) in [6, 6.07) is 11.5. The summed E-state index contributed by atoms with van der Waals surface area (Å²) >= 11 is 1.37. The molecule has 0 saturated carbocycles. The minimum Gasteiger partial charge on any atom is -0.490 e. The topological polar surface area (TPSA) is 77.8 Å². The fourth-order valence-corrected chi connectivity index (χ4v) is 4.01. The standard InChI is InChI=1S/C21H24N4O3S/c1-14(2)20(15-7-8-16-17(12-15)28-11-5-10-27-16)22-19(26)13-29-21-24-23-18-6-3-4-9-25(18)21/h3-4,6-9,12,14,20H,5,10-11,13H2,1-2H3,(H,22,26). The van der Waals surface area contributed by atoms with Gasteiger partial charge in [-0.25, -0.2) is 0 Å². The van der Waals surface area contributed by atoms with Crippen LogP contribution in [0.1, 0.15) is 31.9 Å². The summed E-state index contributed by atoms with van der Waals surface area (Å²) in [5, 5.41) is 12.1. The van der Waals surface area contributed by atoms with Gasteiger partial charge in [0.05, 0.1) is 25.0 Å². The zero-order valence-corrected chi connectivity index (χ0v) is 17.3. The van der Waals surface area contributed by atoms with E-state index >= 15 is 0 Å². The zero-order valence-electron chi connectivity index (χ0n) is 16.5. The number of amides is 1. The smallest absolute Gasteiger partial charge is 0.230 e. The van der Waals surface area contributed by atoms with Crippen molar-refractivity contribution in [1.29, 1.82) is 0 Å². The molecule has 0 spiro atoms. The fourth-order valence-electron chi connectivity index (χ4n) is 3.27. The number of fused-ring (bicyclic) bond motifs is 2. The molecule has 7 nitrogen and oxygen atoms in total. The number of aromatic nitrogens is 3. The van der Waals surface area contributed by atoms with Gasteiger partial charge in [0.1, 0.15) is 0 Å². The molecule has 1 aliphatic rings. The van der Waals surface area contributed by atoms with Crippen molar-refractivity contribution in [1.82, 2.24) is 19.9 Å². The van der Waals surface area contributed by atoms with Gasteiger partial charge in [-0.15, -0.1) is 10.2 Å². The Hall–Kier alpha value is -2.74. The minimum atomic E-state index is -0.115. The Labute approximate surface area is 173 Å². The summed E-state index contributed by atoms with van der Waals surface area (Å²) < 4.78 is 13.4. The van der Waals surface area contributed by atoms with Crippen LogP contribution in [-0.2, 0) is 4.79 Å². The average Bonchev–Trinajstić information content (AvgIpc) is 2.99. The number of thioether (sulfide) groups is 1. The Kier molecular flexibility index (Phi) is 5.89. The number of hydrogen-bond acceptors (Lipinski definition) is 6. The number of nitrogens with zero attached hydrogens (tertiary/aromatic N) is 3. The lowest BCUT2D eigenvalue weighted by Crippen LogP contribution is -2.33. The molecule has 1 atom stereocenters. The predicted octanol–water partition coefficient (Wildman–Crippen LogP) is 3.50. The van der Waals surface area contributed by atoms with Crippen LogP contribution in [0.15, 0.2) is 47.8 Å². The first-order valence-corrected chi connectivity index (χ1v) is 10.7. The second-order valence-electron chi connectivity index (χ2n) is 7.25. The van der Waals surface area contributed by atoms with E-state index in [0.717, 1.165) is 29.1 Å². The van der Waals surface area contributed by atoms with Gasteiger partial charge in [-0.3, -0.25) is 9.20 Å². The highest BCUT2D eigenvalue weighted by Gasteiger charge is 2.21. The normalized spacial score (nSPS) is 14.6. The van der Waals surface area contributed by atoms with E-state index in [1.807, 2.05) is 47.0 Å². The van der Waals surface area contributed by atoms with Crippen LogP contribution in [0, 0.1) is 5.92 Å². The van der Waals surface area contributed by atoms with Gasteiger partial charge in [-0.2, -0.15) is 0 Å². The molecule has 4 rings (SSSR count). The third kappa shape index (κ3) is 4.48. The van der Waals surface area contributed by atoms with Crippen LogP contribution in [0.2, 0.25) is 0 Å². The highest BCUT2D eigenvalue weighted by atomic mass is 32.2. The van der Waals surface area contributed by atoms with E-state index in [4.69, 9.17) is 9.47 Å². The summed E-state index contributed by atoms with van der Waals surface area (Å²) in [7, 11) is 0. The number of carbonyl (C=O) groups is 1. The summed E-state index contributed by atoms with van der Waals surface area (Å²) in [4.78, 5) is 12.7. The molecule has 0 radical (unpaired) electrons. The van der Waals surface area contributed by atoms with E-state index in [-0.39, 0.29) is 23.6 Å². The zero-order chi connectivity index (χ0) is 20.2. The van der Waals surface area contributed by atoms with Crippen LogP contribution in [0.25, 0.3) is 5.65 Å². The SMILES string of the molecule is CC(C)C(NC(=O)CSc1nnc2ccccn12)c1ccc2c(c1)OCCCO2. The molecule has 3 aromatic rings. The van der Waals surface area contributed by atoms with Gasteiger partial charge in [0.25, 0.3) is 0 Å². The molecule has 1 aliphatic heterocycles. The van der Waals surface area contributed by atoms with Gasteiger partial charge in [-0.1, -0.05) is 37.7 Å². The highest BCUT2D eigenvalue weighted by molar-refractivity contribution is 7.99. The number of ether oxygens (including phenoxy) is 2. The molecule has 1 amide bonds. The molecule has 1 aromatic carbocycles. The van der Waals surface area contributed by atoms with Crippen LogP contribution in [0.5, 0.6) is 11.5 Å². The Morgan fingerprint density at radius 3 is 2.83 bits per heavy atom. The van der Waals surface area contributed by atoms with Crippen LogP contribution in [0.3, 0.4) is 0 Å². The van der Waals surface area contributed by atoms with Gasteiger partial charge in [0, 0.05) is 12.6 Å². The van der Waals surface area contributed by atoms with Gasteiger partial charge >= 0.3 is 0 Å². The van der Waals surface area contributed by atoms with Crippen molar-refractivity contribution >= 4 is 23.3 Å². The molecular formula is C21H24N4O3S. The van der Waals surface area contributed by atoms with Gasteiger partial charge in [0.2, 0.25) is 5.91 Å². The maximum absolute atomic E-state index is 12.7. The van der Waals surface area contributed by atoms with Crippen LogP contribution in [0.4, 0.5) is 0 Å². The first-order chi connectivity index (χ1) is 14.1. The molecule has 29 heavy (non-hydrogen) atoms. The third-order valence-corrected chi connectivity index (χ3v) is 5.67. The lowest BCUT2D eigenvalue weighted by Gasteiger charge is -2.23. The van der Waals surface area contributed by atoms with Crippen molar-refractivity contribution in [3.63, 3.8) is 0 Å². The molecule has 0 aliphatic carbocycles. The summed E-state index contributed by atoms with van der Waals surface area (Å²) in [6.07, 6.45) is 2.76. The maximum Gasteiger partial charge on any atom is 0.230 e. The Morgan fingerprint density at radius 2 is 2.00 bits per heavy atom. The van der Waals surface area contributed by atoms with Crippen molar-refractivity contribution in [2.24, 2.45) is 5.92 Å². The van der Waals surface area contributed by atoms with Crippen molar-refractivity contribution in [3.05, 3.63) is 48.2 Å². The number of hydrogen-bond donors (Lipinski definition) is 1. The maximum atomic E-state index is 12.7. The summed E-state index contributed by atoms with van der Waals surface area (Å²) in [5.41, 5.74) is 1.78. The Bertz CT molecular complexity index is 1000. The molecule has 3 heterocycles. The number of pyridine rings is 1. The molecule has 8 heteroatoms. The van der Waals surface area contributed by atoms with Crippen molar-refractivity contribution < 1.29 is 14.3 Å². The molecule has 0 fully saturated rings. The second kappa shape index (κ2) is 8.73. The average molecular weight is 413 g/mol. The number of nitrogens with one attached hydrogen (secondary N) is 1. The van der Waals surface area contributed by atoms with E-state index < -0.39 is 0 Å². The van der Waals surface area contributed by atoms with Gasteiger partial charge in [-0.05, 0) is 35.7 Å². The minimum absolute atomic E-state index is 0.0477. The molecule has 152 valence electrons. The largest absolute Gasteiger partial charge is 0.490 e. The monoisotopic (exact) mass is 412 g/mol. The van der Waals surface area contributed by atoms with E-state index in [0.29, 0.717) is 18.4 Å². The van der Waals surface area contributed by atoms with Crippen molar-refractivity contribution in [2.45, 2.75) is 31.5 Å². The number of benzene rings is 1. The van der Waals surface area contributed by atoms with Gasteiger partial charge in [0.15, 0.2) is 22.3 Å². The van der Waals surface area contributed by atoms with Crippen molar-refractivity contribution in [3.8, 4) is 11.5 Å². The fraction of sp³-hybridized carbons (Fsp3) is 0.381. The number of carbonyl (C=O) groups excluding carboxylic acids is 1. The van der Waals surface area contributed by atoms with Crippen LogP contribution < -0.4 is 14.8 Å². The number of rotatable bonds is 6. The summed E-state index contributed by atoms with van der Waals surface area (Å²) in [5.74, 6) is 1.94. The highest BCUT2D eigenvalue weighted by Crippen LogP contribution is 2.34. The first-order valence-electron chi connectivity index (χ1n) is 9.73. The molecule has 2 aromatic heterocycles. The van der Waals surface area contributed by atoms with Gasteiger partial charge < -0.3 is 14.8 Å². The first kappa shape index (κ1) is 19.6. The van der Waals surface area contributed by atoms with E-state index in [9.17, 15) is 4.79 Å². The van der Waals surface area contributed by atoms with E-state index in [1.54, 1.807) is 0 Å². The van der Waals surface area contributed by atoms with Crippen LogP contribution >= 0.6 is 11.8 Å². The third-order valence-electron chi connectivity index (χ3n) is 4.73. The Balaban J connectivity index is 1.44. The quantitative estimate of drug-likeness (QED) is 0.625. The summed E-state index contributed by atoms with van der Waals surface area (Å²) in [6.45, 7) is 5.48. The lowest BCUT2D eigenvalue weighted by atomic mass is 9.95. The van der Waals surface area contributed by atoms with E-state index in [1.165, 1.54) is 11.8 Å². The Morgan fingerprint density at radius 1 is 1.17 bits per heavy atom. The van der Waals surface area contributed by atoms with Crippen LogP contribution in [-0.4, -0.2) is 39.5 Å². The molecule has 1 unspecified atom stereocenters. The van der Waals surface area contributed by atoms with Crippen molar-refractivity contribution in [2.75, 3.05) is 19.0 Å². The molecule has 0 saturated heterocycles. The lowest BCUT2D eigenvalue weighted by molar-refractivity contribution is -0.119. The predicted molar refractivity (Wildman–Crippen MR) is 111 cm³/mol. The molecule has 0 bridgehead atoms.